The van der Waals surface area contributed by atoms with Gasteiger partial charge in [0.2, 0.25) is 0 Å². The Labute approximate surface area is 142 Å². The van der Waals surface area contributed by atoms with Crippen LogP contribution in [0.15, 0.2) is 21.5 Å². The minimum atomic E-state index is -1.04. The molecule has 2 rings (SSSR count). The third-order valence-electron chi connectivity index (χ3n) is 3.05. The predicted molar refractivity (Wildman–Crippen MR) is 92.9 cm³/mol. The number of nitrogens with zero attached hydrogens (tertiary/aromatic N) is 1. The van der Waals surface area contributed by atoms with Crippen LogP contribution in [-0.2, 0) is 9.59 Å². The van der Waals surface area contributed by atoms with E-state index in [9.17, 15) is 14.7 Å². The Morgan fingerprint density at radius 3 is 2.86 bits per heavy atom. The average Bonchev–Trinajstić information content (AvgIpc) is 2.97. The molecule has 0 aromatic carbocycles. The van der Waals surface area contributed by atoms with Crippen molar-refractivity contribution in [3.05, 3.63) is 28.6 Å². The number of carboxylic acids is 1. The van der Waals surface area contributed by atoms with E-state index < -0.39 is 12.0 Å². The smallest absolute Gasteiger partial charge is 0.326 e. The lowest BCUT2D eigenvalue weighted by molar-refractivity contribution is -0.145. The summed E-state index contributed by atoms with van der Waals surface area (Å²) >= 11 is 7.83. The highest BCUT2D eigenvalue weighted by Gasteiger charge is 2.40. The average molecular weight is 357 g/mol. The maximum atomic E-state index is 12.5. The SMILES string of the molecule is CSCC[C@H](C(=O)O)N1C(=O)/C(=C\c2ccc(C)o2)SC1=S. The van der Waals surface area contributed by atoms with Crippen LogP contribution in [0.1, 0.15) is 17.9 Å². The Morgan fingerprint density at radius 2 is 2.32 bits per heavy atom. The Hall–Kier alpha value is -1.25. The highest BCUT2D eigenvalue weighted by Crippen LogP contribution is 2.35. The number of amides is 1. The van der Waals surface area contributed by atoms with E-state index in [-0.39, 0.29) is 10.2 Å². The van der Waals surface area contributed by atoms with E-state index in [0.29, 0.717) is 22.8 Å². The molecule has 5 nitrogen and oxygen atoms in total. The van der Waals surface area contributed by atoms with E-state index in [0.717, 1.165) is 17.5 Å². The first kappa shape index (κ1) is 17.1. The molecule has 0 radical (unpaired) electrons. The van der Waals surface area contributed by atoms with E-state index in [4.69, 9.17) is 16.6 Å². The Morgan fingerprint density at radius 1 is 1.59 bits per heavy atom. The second kappa shape index (κ2) is 7.34. The molecule has 0 unspecified atom stereocenters. The molecule has 1 saturated heterocycles. The monoisotopic (exact) mass is 357 g/mol. The number of aryl methyl sites for hydroxylation is 1. The van der Waals surface area contributed by atoms with Gasteiger partial charge in [-0.3, -0.25) is 9.69 Å². The van der Waals surface area contributed by atoms with Crippen molar-refractivity contribution in [3.63, 3.8) is 0 Å². The van der Waals surface area contributed by atoms with Gasteiger partial charge in [0.25, 0.3) is 5.91 Å². The minimum absolute atomic E-state index is 0.271. The second-order valence-electron chi connectivity index (χ2n) is 4.64. The fourth-order valence-corrected chi connectivity index (χ4v) is 3.80. The molecule has 0 bridgehead atoms. The van der Waals surface area contributed by atoms with Crippen LogP contribution >= 0.6 is 35.7 Å². The lowest BCUT2D eigenvalue weighted by Crippen LogP contribution is -2.44. The number of aliphatic carboxylic acids is 1. The van der Waals surface area contributed by atoms with Crippen molar-refractivity contribution in [3.8, 4) is 0 Å². The topological polar surface area (TPSA) is 70.8 Å². The molecular weight excluding hydrogens is 342 g/mol. The number of furan rings is 1. The number of thiocarbonyl (C=S) groups is 1. The number of carboxylic acid groups (broad SMARTS) is 1. The van der Waals surface area contributed by atoms with Crippen LogP contribution < -0.4 is 0 Å². The quantitative estimate of drug-likeness (QED) is 0.620. The zero-order chi connectivity index (χ0) is 16.3. The molecule has 1 N–H and O–H groups in total. The molecular formula is C14H15NO4S3. The highest BCUT2D eigenvalue weighted by molar-refractivity contribution is 8.26. The Kier molecular flexibility index (Phi) is 5.71. The number of thioether (sulfide) groups is 2. The van der Waals surface area contributed by atoms with Crippen LogP contribution in [0.4, 0.5) is 0 Å². The summed E-state index contributed by atoms with van der Waals surface area (Å²) in [4.78, 5) is 25.5. The van der Waals surface area contributed by atoms with Crippen molar-refractivity contribution < 1.29 is 19.1 Å². The molecule has 0 saturated carbocycles. The molecule has 8 heteroatoms. The van der Waals surface area contributed by atoms with Crippen LogP contribution in [0.2, 0.25) is 0 Å². The van der Waals surface area contributed by atoms with Crippen molar-refractivity contribution in [2.75, 3.05) is 12.0 Å². The molecule has 1 aromatic heterocycles. The van der Waals surface area contributed by atoms with Gasteiger partial charge in [0.1, 0.15) is 21.9 Å². The van der Waals surface area contributed by atoms with Gasteiger partial charge in [-0.15, -0.1) is 0 Å². The van der Waals surface area contributed by atoms with Gasteiger partial charge in [0.05, 0.1) is 4.91 Å². The standard InChI is InChI=1S/C14H15NO4S3/c1-8-3-4-9(19-8)7-11-12(16)15(14(20)22-11)10(13(17)18)5-6-21-2/h3-4,7,10H,5-6H2,1-2H3,(H,17,18)/b11-7+/t10-/m1/s1. The summed E-state index contributed by atoms with van der Waals surface area (Å²) in [7, 11) is 0. The maximum Gasteiger partial charge on any atom is 0.326 e. The maximum absolute atomic E-state index is 12.5. The van der Waals surface area contributed by atoms with Crippen molar-refractivity contribution in [2.45, 2.75) is 19.4 Å². The zero-order valence-electron chi connectivity index (χ0n) is 12.1. The van der Waals surface area contributed by atoms with E-state index >= 15 is 0 Å². The van der Waals surface area contributed by atoms with Crippen LogP contribution in [0, 0.1) is 6.92 Å². The second-order valence-corrected chi connectivity index (χ2v) is 7.30. The summed E-state index contributed by atoms with van der Waals surface area (Å²) in [5.41, 5.74) is 0. The normalized spacial score (nSPS) is 18.3. The fraction of sp³-hybridized carbons (Fsp3) is 0.357. The van der Waals surface area contributed by atoms with Gasteiger partial charge >= 0.3 is 5.97 Å². The molecule has 22 heavy (non-hydrogen) atoms. The van der Waals surface area contributed by atoms with E-state index in [1.807, 2.05) is 13.2 Å². The van der Waals surface area contributed by atoms with Gasteiger partial charge in [-0.1, -0.05) is 24.0 Å². The van der Waals surface area contributed by atoms with Crippen LogP contribution in [0.5, 0.6) is 0 Å². The van der Waals surface area contributed by atoms with Gasteiger partial charge in [-0.05, 0) is 37.5 Å². The van der Waals surface area contributed by atoms with Crippen molar-refractivity contribution >= 4 is 58.0 Å². The van der Waals surface area contributed by atoms with E-state index in [1.54, 1.807) is 18.2 Å². The molecule has 118 valence electrons. The summed E-state index contributed by atoms with van der Waals surface area (Å²) in [6, 6.07) is 2.62. The van der Waals surface area contributed by atoms with Gasteiger partial charge in [0, 0.05) is 6.08 Å². The fourth-order valence-electron chi connectivity index (χ4n) is 2.00. The summed E-state index contributed by atoms with van der Waals surface area (Å²) in [5.74, 6) is 0.516. The highest BCUT2D eigenvalue weighted by atomic mass is 32.2. The largest absolute Gasteiger partial charge is 0.480 e. The molecule has 1 aromatic rings. The minimum Gasteiger partial charge on any atom is -0.480 e. The summed E-state index contributed by atoms with van der Waals surface area (Å²) in [5, 5.41) is 9.37. The van der Waals surface area contributed by atoms with Crippen molar-refractivity contribution in [1.29, 1.82) is 0 Å². The molecule has 1 aliphatic heterocycles. The zero-order valence-corrected chi connectivity index (χ0v) is 14.5. The Bertz CT molecular complexity index is 638. The van der Waals surface area contributed by atoms with Crippen LogP contribution in [0.25, 0.3) is 6.08 Å². The third-order valence-corrected chi connectivity index (χ3v) is 5.02. The number of hydrogen-bond acceptors (Lipinski definition) is 6. The molecule has 0 spiro atoms. The first-order valence-corrected chi connectivity index (χ1v) is 9.11. The first-order valence-electron chi connectivity index (χ1n) is 6.49. The molecule has 2 heterocycles. The first-order chi connectivity index (χ1) is 10.4. The van der Waals surface area contributed by atoms with Gasteiger partial charge < -0.3 is 9.52 Å². The molecule has 0 aliphatic carbocycles. The van der Waals surface area contributed by atoms with Crippen molar-refractivity contribution in [2.24, 2.45) is 0 Å². The third kappa shape index (κ3) is 3.74. The number of rotatable bonds is 6. The Balaban J connectivity index is 2.23. The van der Waals surface area contributed by atoms with E-state index in [1.165, 1.54) is 16.7 Å². The summed E-state index contributed by atoms with van der Waals surface area (Å²) in [6.45, 7) is 1.81. The van der Waals surface area contributed by atoms with Gasteiger partial charge in [0.15, 0.2) is 0 Å². The van der Waals surface area contributed by atoms with Crippen molar-refractivity contribution in [1.82, 2.24) is 4.90 Å². The van der Waals surface area contributed by atoms with E-state index in [2.05, 4.69) is 0 Å². The number of hydrogen-bond donors (Lipinski definition) is 1. The number of carbonyl (C=O) groups excluding carboxylic acids is 1. The number of carbonyl (C=O) groups is 2. The summed E-state index contributed by atoms with van der Waals surface area (Å²) < 4.78 is 5.69. The van der Waals surface area contributed by atoms with Crippen LogP contribution in [-0.4, -0.2) is 44.3 Å². The van der Waals surface area contributed by atoms with Crippen LogP contribution in [0.3, 0.4) is 0 Å². The lowest BCUT2D eigenvalue weighted by Gasteiger charge is -2.22. The molecule has 1 aliphatic rings. The molecule has 1 amide bonds. The predicted octanol–water partition coefficient (Wildman–Crippen LogP) is 3.00. The molecule has 1 fully saturated rings. The van der Waals surface area contributed by atoms with Gasteiger partial charge in [-0.2, -0.15) is 11.8 Å². The summed E-state index contributed by atoms with van der Waals surface area (Å²) in [6.07, 6.45) is 3.85. The molecule has 1 atom stereocenters. The van der Waals surface area contributed by atoms with Gasteiger partial charge in [-0.25, -0.2) is 4.79 Å². The lowest BCUT2D eigenvalue weighted by atomic mass is 10.2.